The van der Waals surface area contributed by atoms with E-state index in [0.29, 0.717) is 24.5 Å². The van der Waals surface area contributed by atoms with Crippen LogP contribution in [0.5, 0.6) is 5.75 Å². The summed E-state index contributed by atoms with van der Waals surface area (Å²) in [4.78, 5) is 25.2. The molecule has 4 aromatic rings. The number of carbonyl (C=O) groups is 2. The Morgan fingerprint density at radius 2 is 1.85 bits per heavy atom. The van der Waals surface area contributed by atoms with E-state index in [4.69, 9.17) is 10.5 Å². The van der Waals surface area contributed by atoms with Crippen LogP contribution < -0.4 is 21.1 Å². The van der Waals surface area contributed by atoms with Gasteiger partial charge < -0.3 is 21.1 Å². The van der Waals surface area contributed by atoms with Gasteiger partial charge in [0.05, 0.1) is 12.7 Å². The SMILES string of the molecule is COc1ccccc1C(=O)NCc1ccc(-c2nn3c(c2C(N)=O)Nc2ccc(C(C)(C)C)cc2CC3)c(F)c1F. The Bertz CT molecular complexity index is 1670. The molecule has 0 unspecified atom stereocenters. The topological polar surface area (TPSA) is 111 Å². The second kappa shape index (κ2) is 10.7. The van der Waals surface area contributed by atoms with Crippen molar-refractivity contribution in [2.75, 3.05) is 12.4 Å². The highest BCUT2D eigenvalue weighted by Crippen LogP contribution is 2.37. The third-order valence-electron chi connectivity index (χ3n) is 7.22. The summed E-state index contributed by atoms with van der Waals surface area (Å²) in [6.45, 7) is 6.54. The number of ether oxygens (including phenoxy) is 1. The third kappa shape index (κ3) is 5.25. The molecule has 10 heteroatoms. The third-order valence-corrected chi connectivity index (χ3v) is 7.22. The number of nitrogens with one attached hydrogen (secondary N) is 2. The number of fused-ring (bicyclic) bond motifs is 2. The molecule has 4 N–H and O–H groups in total. The van der Waals surface area contributed by atoms with Gasteiger partial charge in [-0.05, 0) is 47.2 Å². The fourth-order valence-corrected chi connectivity index (χ4v) is 4.93. The van der Waals surface area contributed by atoms with E-state index < -0.39 is 23.4 Å². The number of methoxy groups -OCH3 is 1. The molecule has 0 spiro atoms. The molecule has 0 atom stereocenters. The van der Waals surface area contributed by atoms with Crippen LogP contribution in [0.4, 0.5) is 20.3 Å². The van der Waals surface area contributed by atoms with Crippen molar-refractivity contribution in [2.45, 2.75) is 45.7 Å². The molecule has 0 saturated carbocycles. The van der Waals surface area contributed by atoms with Crippen molar-refractivity contribution in [3.05, 3.63) is 94.0 Å². The summed E-state index contributed by atoms with van der Waals surface area (Å²) in [5, 5.41) is 10.3. The fraction of sp³-hybridized carbons (Fsp3) is 0.258. The molecule has 8 nitrogen and oxygen atoms in total. The van der Waals surface area contributed by atoms with Crippen molar-refractivity contribution in [1.29, 1.82) is 0 Å². The Hall–Kier alpha value is -4.73. The van der Waals surface area contributed by atoms with E-state index in [9.17, 15) is 9.59 Å². The number of amides is 2. The van der Waals surface area contributed by atoms with Gasteiger partial charge >= 0.3 is 0 Å². The number of hydrogen-bond acceptors (Lipinski definition) is 5. The maximum absolute atomic E-state index is 15.5. The number of primary amides is 1. The van der Waals surface area contributed by atoms with Crippen molar-refractivity contribution in [1.82, 2.24) is 15.1 Å². The number of rotatable bonds is 6. The first-order valence-electron chi connectivity index (χ1n) is 13.2. The summed E-state index contributed by atoms with van der Waals surface area (Å²) in [5.41, 5.74) is 8.62. The average Bonchev–Trinajstić information content (AvgIpc) is 3.20. The lowest BCUT2D eigenvalue weighted by Crippen LogP contribution is -2.24. The molecule has 0 saturated heterocycles. The van der Waals surface area contributed by atoms with E-state index in [1.54, 1.807) is 28.9 Å². The summed E-state index contributed by atoms with van der Waals surface area (Å²) < 4.78 is 37.5. The second-order valence-electron chi connectivity index (χ2n) is 10.9. The van der Waals surface area contributed by atoms with Crippen molar-refractivity contribution >= 4 is 23.3 Å². The first kappa shape index (κ1) is 27.8. The molecule has 1 aliphatic rings. The second-order valence-corrected chi connectivity index (χ2v) is 10.9. The first-order chi connectivity index (χ1) is 19.5. The van der Waals surface area contributed by atoms with Crippen molar-refractivity contribution < 1.29 is 23.1 Å². The Balaban J connectivity index is 1.45. The largest absolute Gasteiger partial charge is 0.496 e. The van der Waals surface area contributed by atoms with Crippen molar-refractivity contribution in [3.63, 3.8) is 0 Å². The summed E-state index contributed by atoms with van der Waals surface area (Å²) in [5.74, 6) is -2.99. The highest BCUT2D eigenvalue weighted by atomic mass is 19.2. The summed E-state index contributed by atoms with van der Waals surface area (Å²) in [6.07, 6.45) is 0.611. The van der Waals surface area contributed by atoms with Crippen LogP contribution in [-0.4, -0.2) is 28.7 Å². The number of benzene rings is 3. The molecule has 2 heterocycles. The zero-order valence-corrected chi connectivity index (χ0v) is 23.3. The zero-order chi connectivity index (χ0) is 29.5. The Kier molecular flexibility index (Phi) is 7.25. The van der Waals surface area contributed by atoms with Gasteiger partial charge in [-0.1, -0.05) is 51.1 Å². The minimum Gasteiger partial charge on any atom is -0.496 e. The fourth-order valence-electron chi connectivity index (χ4n) is 4.93. The maximum atomic E-state index is 15.5. The van der Waals surface area contributed by atoms with E-state index in [0.717, 1.165) is 11.3 Å². The molecule has 1 aromatic heterocycles. The van der Waals surface area contributed by atoms with E-state index in [1.165, 1.54) is 24.8 Å². The number of halogens is 2. The number of nitrogens with zero attached hydrogens (tertiary/aromatic N) is 2. The zero-order valence-electron chi connectivity index (χ0n) is 23.3. The maximum Gasteiger partial charge on any atom is 0.255 e. The van der Waals surface area contributed by atoms with E-state index in [2.05, 4.69) is 42.6 Å². The van der Waals surface area contributed by atoms with Crippen LogP contribution in [0.15, 0.2) is 54.6 Å². The quantitative estimate of drug-likeness (QED) is 0.290. The lowest BCUT2D eigenvalue weighted by atomic mass is 9.85. The average molecular weight is 560 g/mol. The number of anilines is 2. The molecule has 0 radical (unpaired) electrons. The first-order valence-corrected chi connectivity index (χ1v) is 13.2. The highest BCUT2D eigenvalue weighted by Gasteiger charge is 2.29. The highest BCUT2D eigenvalue weighted by molar-refractivity contribution is 6.04. The van der Waals surface area contributed by atoms with Crippen LogP contribution >= 0.6 is 0 Å². The molecule has 0 aliphatic carbocycles. The standard InChI is InChI=1S/C31H31F2N5O3/c1-31(2,3)19-10-12-22-17(15-19)13-14-38-29(36-22)24(28(34)39)27(37-38)21-11-9-18(25(32)26(21)33)16-35-30(40)20-7-5-6-8-23(20)41-4/h5-12,15,36H,13-14,16H2,1-4H3,(H2,34,39)(H,35,40). The van der Waals surface area contributed by atoms with Crippen molar-refractivity contribution in [3.8, 4) is 17.0 Å². The van der Waals surface area contributed by atoms with Gasteiger partial charge in [0.1, 0.15) is 22.8 Å². The monoisotopic (exact) mass is 559 g/mol. The van der Waals surface area contributed by atoms with Gasteiger partial charge in [0.25, 0.3) is 11.8 Å². The lowest BCUT2D eigenvalue weighted by molar-refractivity contribution is 0.0946. The molecule has 212 valence electrons. The summed E-state index contributed by atoms with van der Waals surface area (Å²) in [6, 6.07) is 15.4. The van der Waals surface area contributed by atoms with Gasteiger partial charge in [0, 0.05) is 29.9 Å². The Morgan fingerprint density at radius 1 is 1.10 bits per heavy atom. The normalized spacial score (nSPS) is 12.5. The number of aryl methyl sites for hydroxylation is 2. The molecule has 1 aliphatic heterocycles. The minimum atomic E-state index is -1.19. The number of hydrogen-bond donors (Lipinski definition) is 3. The number of para-hydroxylation sites is 1. The molecular formula is C31H31F2N5O3. The van der Waals surface area contributed by atoms with Crippen LogP contribution in [-0.2, 0) is 24.9 Å². The number of carbonyl (C=O) groups excluding carboxylic acids is 2. The minimum absolute atomic E-state index is 0.0340. The van der Waals surface area contributed by atoms with Gasteiger partial charge in [-0.3, -0.25) is 9.59 Å². The van der Waals surface area contributed by atoms with E-state index in [1.807, 2.05) is 12.1 Å². The Morgan fingerprint density at radius 3 is 2.56 bits per heavy atom. The molecule has 41 heavy (non-hydrogen) atoms. The molecule has 0 fully saturated rings. The van der Waals surface area contributed by atoms with Gasteiger partial charge in [0.15, 0.2) is 11.6 Å². The smallest absolute Gasteiger partial charge is 0.255 e. The van der Waals surface area contributed by atoms with E-state index >= 15 is 8.78 Å². The predicted octanol–water partition coefficient (Wildman–Crippen LogP) is 5.46. The number of nitrogens with two attached hydrogens (primary N) is 1. The van der Waals surface area contributed by atoms with Crippen LogP contribution in [0, 0.1) is 11.6 Å². The van der Waals surface area contributed by atoms with Gasteiger partial charge in [-0.15, -0.1) is 0 Å². The molecular weight excluding hydrogens is 528 g/mol. The van der Waals surface area contributed by atoms with Crippen LogP contribution in [0.3, 0.4) is 0 Å². The van der Waals surface area contributed by atoms with Crippen LogP contribution in [0.2, 0.25) is 0 Å². The molecule has 2 amide bonds. The Labute approximate surface area is 236 Å². The van der Waals surface area contributed by atoms with Crippen molar-refractivity contribution in [2.24, 2.45) is 5.73 Å². The molecule has 3 aromatic carbocycles. The summed E-state index contributed by atoms with van der Waals surface area (Å²) >= 11 is 0. The predicted molar refractivity (Wildman–Crippen MR) is 152 cm³/mol. The lowest BCUT2D eigenvalue weighted by Gasteiger charge is -2.21. The molecule has 0 bridgehead atoms. The van der Waals surface area contributed by atoms with E-state index in [-0.39, 0.29) is 39.9 Å². The van der Waals surface area contributed by atoms with Gasteiger partial charge in [-0.25, -0.2) is 13.5 Å². The number of aromatic nitrogens is 2. The van der Waals surface area contributed by atoms with Gasteiger partial charge in [-0.2, -0.15) is 5.10 Å². The van der Waals surface area contributed by atoms with Gasteiger partial charge in [0.2, 0.25) is 0 Å². The van der Waals surface area contributed by atoms with Crippen LogP contribution in [0.1, 0.15) is 58.2 Å². The molecule has 5 rings (SSSR count). The summed E-state index contributed by atoms with van der Waals surface area (Å²) in [7, 11) is 1.44. The van der Waals surface area contributed by atoms with Crippen LogP contribution in [0.25, 0.3) is 11.3 Å².